The number of hydrogen-bond donors (Lipinski definition) is 0. The average molecular weight is 272 g/mol. The molecular formula is C15H21Cl2. The van der Waals surface area contributed by atoms with Gasteiger partial charge in [0.25, 0.3) is 0 Å². The third kappa shape index (κ3) is 6.33. The second-order valence-electron chi connectivity index (χ2n) is 4.43. The maximum absolute atomic E-state index is 5.97. The molecule has 0 fully saturated rings. The normalized spacial score (nSPS) is 10.8. The van der Waals surface area contributed by atoms with Crippen LogP contribution in [-0.4, -0.2) is 0 Å². The van der Waals surface area contributed by atoms with Crippen molar-refractivity contribution in [3.05, 3.63) is 40.2 Å². The Morgan fingerprint density at radius 3 is 2.53 bits per heavy atom. The van der Waals surface area contributed by atoms with Crippen LogP contribution in [0, 0.1) is 6.42 Å². The lowest BCUT2D eigenvalue weighted by atomic mass is 10.0. The number of halogens is 2. The molecule has 0 aliphatic carbocycles. The van der Waals surface area contributed by atoms with Crippen LogP contribution < -0.4 is 0 Å². The minimum absolute atomic E-state index is 0.643. The van der Waals surface area contributed by atoms with E-state index in [1.165, 1.54) is 44.1 Å². The van der Waals surface area contributed by atoms with Gasteiger partial charge >= 0.3 is 0 Å². The van der Waals surface area contributed by atoms with Gasteiger partial charge in [-0.15, -0.1) is 0 Å². The van der Waals surface area contributed by atoms with E-state index in [4.69, 9.17) is 23.2 Å². The first-order valence-corrected chi connectivity index (χ1v) is 7.25. The molecular weight excluding hydrogens is 251 g/mol. The van der Waals surface area contributed by atoms with Crippen molar-refractivity contribution in [2.45, 2.75) is 51.9 Å². The molecule has 0 amide bonds. The van der Waals surface area contributed by atoms with Gasteiger partial charge in [0.1, 0.15) is 0 Å². The van der Waals surface area contributed by atoms with Gasteiger partial charge in [-0.05, 0) is 37.0 Å². The van der Waals surface area contributed by atoms with E-state index in [1.54, 1.807) is 0 Å². The summed E-state index contributed by atoms with van der Waals surface area (Å²) in [7, 11) is 0. The maximum Gasteiger partial charge on any atom is 0.0595 e. The molecule has 0 saturated heterocycles. The highest BCUT2D eigenvalue weighted by atomic mass is 35.5. The van der Waals surface area contributed by atoms with E-state index < -0.39 is 0 Å². The first-order chi connectivity index (χ1) is 8.24. The fourth-order valence-electron chi connectivity index (χ4n) is 1.84. The lowest BCUT2D eigenvalue weighted by Gasteiger charge is -2.03. The van der Waals surface area contributed by atoms with E-state index in [9.17, 15) is 0 Å². The summed E-state index contributed by atoms with van der Waals surface area (Å²) in [5.41, 5.74) is 1.29. The van der Waals surface area contributed by atoms with Gasteiger partial charge in [0.2, 0.25) is 0 Å². The van der Waals surface area contributed by atoms with Gasteiger partial charge in [-0.2, -0.15) is 0 Å². The molecule has 0 bridgehead atoms. The first-order valence-electron chi connectivity index (χ1n) is 6.49. The summed E-state index contributed by atoms with van der Waals surface area (Å²) in [6.07, 6.45) is 11.1. The van der Waals surface area contributed by atoms with Crippen LogP contribution >= 0.6 is 23.2 Å². The molecule has 2 heteroatoms. The standard InChI is InChI=1S/C15H21Cl2/c1-2-3-4-5-6-7-8-9-13-10-11-14(16)15(17)12-13/h4,10-12H,2-3,5-9H2,1H3. The molecule has 0 aliphatic rings. The van der Waals surface area contributed by atoms with Crippen LogP contribution in [0.15, 0.2) is 18.2 Å². The van der Waals surface area contributed by atoms with Crippen molar-refractivity contribution < 1.29 is 0 Å². The topological polar surface area (TPSA) is 0 Å². The van der Waals surface area contributed by atoms with Gasteiger partial charge < -0.3 is 0 Å². The molecule has 0 heterocycles. The van der Waals surface area contributed by atoms with Gasteiger partial charge in [-0.3, -0.25) is 0 Å². The number of rotatable bonds is 8. The van der Waals surface area contributed by atoms with Crippen molar-refractivity contribution in [3.8, 4) is 0 Å². The number of unbranched alkanes of at least 4 members (excludes halogenated alkanes) is 6. The fraction of sp³-hybridized carbons (Fsp3) is 0.533. The third-order valence-corrected chi connectivity index (χ3v) is 3.59. The molecule has 1 aromatic rings. The summed E-state index contributed by atoms with van der Waals surface area (Å²) in [6.45, 7) is 2.22. The fourth-order valence-corrected chi connectivity index (χ4v) is 2.16. The highest BCUT2D eigenvalue weighted by molar-refractivity contribution is 6.42. The Kier molecular flexibility index (Phi) is 7.72. The summed E-state index contributed by atoms with van der Waals surface area (Å²) < 4.78 is 0. The molecule has 0 atom stereocenters. The van der Waals surface area contributed by atoms with Crippen molar-refractivity contribution in [1.82, 2.24) is 0 Å². The van der Waals surface area contributed by atoms with Gasteiger partial charge in [0, 0.05) is 0 Å². The van der Waals surface area contributed by atoms with Crippen LogP contribution in [0.5, 0.6) is 0 Å². The van der Waals surface area contributed by atoms with Crippen LogP contribution in [0.4, 0.5) is 0 Å². The van der Waals surface area contributed by atoms with Crippen molar-refractivity contribution in [2.24, 2.45) is 0 Å². The smallest absolute Gasteiger partial charge is 0.0595 e. The average Bonchev–Trinajstić information content (AvgIpc) is 2.32. The van der Waals surface area contributed by atoms with Crippen molar-refractivity contribution in [2.75, 3.05) is 0 Å². The van der Waals surface area contributed by atoms with Gasteiger partial charge in [-0.25, -0.2) is 0 Å². The predicted molar refractivity (Wildman–Crippen MR) is 77.8 cm³/mol. The SMILES string of the molecule is CCC[CH]CCCCCc1ccc(Cl)c(Cl)c1. The Balaban J connectivity index is 2.11. The highest BCUT2D eigenvalue weighted by Gasteiger charge is 1.99. The molecule has 17 heavy (non-hydrogen) atoms. The number of hydrogen-bond acceptors (Lipinski definition) is 0. The van der Waals surface area contributed by atoms with Crippen LogP contribution in [-0.2, 0) is 6.42 Å². The van der Waals surface area contributed by atoms with E-state index in [1.807, 2.05) is 12.1 Å². The first kappa shape index (κ1) is 14.9. The number of benzene rings is 1. The minimum Gasteiger partial charge on any atom is -0.0827 e. The summed E-state index contributed by atoms with van der Waals surface area (Å²) in [6, 6.07) is 5.93. The Hall–Kier alpha value is -0.200. The Bertz CT molecular complexity index is 321. The van der Waals surface area contributed by atoms with Crippen LogP contribution in [0.1, 0.15) is 51.0 Å². The molecule has 0 saturated carbocycles. The van der Waals surface area contributed by atoms with Crippen molar-refractivity contribution in [1.29, 1.82) is 0 Å². The molecule has 0 unspecified atom stereocenters. The molecule has 0 aromatic heterocycles. The summed E-state index contributed by atoms with van der Waals surface area (Å²) in [5, 5.41) is 1.31. The van der Waals surface area contributed by atoms with Crippen LogP contribution in [0.25, 0.3) is 0 Å². The monoisotopic (exact) mass is 271 g/mol. The molecule has 0 N–H and O–H groups in total. The van der Waals surface area contributed by atoms with Crippen LogP contribution in [0.3, 0.4) is 0 Å². The third-order valence-electron chi connectivity index (χ3n) is 2.85. The lowest BCUT2D eigenvalue weighted by molar-refractivity contribution is 0.658. The van der Waals surface area contributed by atoms with E-state index in [-0.39, 0.29) is 0 Å². The predicted octanol–water partition coefficient (Wildman–Crippen LogP) is 6.10. The zero-order valence-corrected chi connectivity index (χ0v) is 12.0. The molecule has 1 aromatic carbocycles. The Morgan fingerprint density at radius 2 is 1.82 bits per heavy atom. The van der Waals surface area contributed by atoms with Crippen molar-refractivity contribution in [3.63, 3.8) is 0 Å². The Morgan fingerprint density at radius 1 is 1.00 bits per heavy atom. The largest absolute Gasteiger partial charge is 0.0827 e. The van der Waals surface area contributed by atoms with Crippen LogP contribution in [0.2, 0.25) is 10.0 Å². The molecule has 1 rings (SSSR count). The second-order valence-corrected chi connectivity index (χ2v) is 5.24. The van der Waals surface area contributed by atoms with Crippen molar-refractivity contribution >= 4 is 23.2 Å². The van der Waals surface area contributed by atoms with E-state index in [0.717, 1.165) is 6.42 Å². The highest BCUT2D eigenvalue weighted by Crippen LogP contribution is 2.23. The summed E-state index contributed by atoms with van der Waals surface area (Å²) in [5.74, 6) is 0. The molecule has 0 spiro atoms. The summed E-state index contributed by atoms with van der Waals surface area (Å²) in [4.78, 5) is 0. The van der Waals surface area contributed by atoms with E-state index >= 15 is 0 Å². The second kappa shape index (κ2) is 8.83. The van der Waals surface area contributed by atoms with Gasteiger partial charge in [0.05, 0.1) is 10.0 Å². The van der Waals surface area contributed by atoms with E-state index in [0.29, 0.717) is 10.0 Å². The minimum atomic E-state index is 0.643. The molecule has 95 valence electrons. The molecule has 0 aliphatic heterocycles. The maximum atomic E-state index is 5.97. The van der Waals surface area contributed by atoms with Gasteiger partial charge in [0.15, 0.2) is 0 Å². The Labute approximate surface area is 115 Å². The zero-order valence-electron chi connectivity index (χ0n) is 10.5. The zero-order chi connectivity index (χ0) is 12.5. The molecule has 1 radical (unpaired) electrons. The molecule has 0 nitrogen and oxygen atoms in total. The number of aryl methyl sites for hydroxylation is 1. The summed E-state index contributed by atoms with van der Waals surface area (Å²) >= 11 is 11.9. The van der Waals surface area contributed by atoms with Gasteiger partial charge in [-0.1, -0.05) is 68.3 Å². The quantitative estimate of drug-likeness (QED) is 0.501. The van der Waals surface area contributed by atoms with E-state index in [2.05, 4.69) is 19.4 Å². The lowest BCUT2D eigenvalue weighted by Crippen LogP contribution is -1.87.